The van der Waals surface area contributed by atoms with Gasteiger partial charge in [0.15, 0.2) is 6.40 Å². The van der Waals surface area contributed by atoms with Gasteiger partial charge >= 0.3 is 0 Å². The Hall–Kier alpha value is -0.630. The van der Waals surface area contributed by atoms with Crippen LogP contribution in [-0.4, -0.2) is 233 Å². The Morgan fingerprint density at radius 1 is 0.619 bits per heavy atom. The zero-order chi connectivity index (χ0) is 46.3. The molecule has 374 valence electrons. The first kappa shape index (κ1) is 62.4. The number of carbonyl (C=O) groups is 2. The van der Waals surface area contributed by atoms with E-state index >= 15 is 0 Å². The van der Waals surface area contributed by atoms with Gasteiger partial charge in [-0.25, -0.2) is 10.4 Å². The molecule has 0 aromatic rings. The molecule has 0 saturated carbocycles. The molecule has 63 heavy (non-hydrogen) atoms. The number of unbranched alkanes of at least 4 members (excludes halogenated alkanes) is 1. The van der Waals surface area contributed by atoms with E-state index in [-0.39, 0.29) is 31.1 Å². The summed E-state index contributed by atoms with van der Waals surface area (Å²) in [5.41, 5.74) is 3.11. The van der Waals surface area contributed by atoms with Gasteiger partial charge < -0.3 is 55.2 Å². The second-order valence-electron chi connectivity index (χ2n) is 15.6. The highest BCUT2D eigenvalue weighted by atomic mass is 33.1. The molecule has 1 unspecified atom stereocenters. The average molecular weight is 976 g/mol. The van der Waals surface area contributed by atoms with Gasteiger partial charge in [0.25, 0.3) is 0 Å². The van der Waals surface area contributed by atoms with Crippen molar-refractivity contribution in [3.05, 3.63) is 0 Å². The smallest absolute Gasteiger partial charge is 0.246 e. The lowest BCUT2D eigenvalue weighted by atomic mass is 10.2. The number of rotatable bonds is 50. The molecule has 17 nitrogen and oxygen atoms in total. The van der Waals surface area contributed by atoms with E-state index in [9.17, 15) is 9.59 Å². The van der Waals surface area contributed by atoms with E-state index in [1.165, 1.54) is 32.2 Å². The molecular weight excluding hydrogens is 885 g/mol. The number of hydroxylamine groups is 1. The molecular formula is C42H90N10O7S4. The van der Waals surface area contributed by atoms with Crippen LogP contribution < -0.4 is 26.7 Å². The second kappa shape index (κ2) is 49.3. The van der Waals surface area contributed by atoms with Crippen LogP contribution in [0.4, 0.5) is 0 Å². The average Bonchev–Trinajstić information content (AvgIpc) is 3.27. The Kier molecular flexibility index (Phi) is 48.8. The molecule has 1 atom stereocenters. The maximum Gasteiger partial charge on any atom is 0.246 e. The number of hydrogen-bond acceptors (Lipinski definition) is 19. The van der Waals surface area contributed by atoms with Gasteiger partial charge in [-0.15, -0.1) is 0 Å². The molecule has 0 aliphatic heterocycles. The van der Waals surface area contributed by atoms with Crippen LogP contribution in [0.3, 0.4) is 0 Å². The highest BCUT2D eigenvalue weighted by molar-refractivity contribution is 8.77. The highest BCUT2D eigenvalue weighted by Gasteiger charge is 2.16. The third kappa shape index (κ3) is 47.7. The Labute approximate surface area is 398 Å². The van der Waals surface area contributed by atoms with E-state index in [1.807, 2.05) is 14.1 Å². The SMILES string of the molecule is CNCCCN(C)CCCCN(C)CCCNOCCCSSCCC(=O)NCCCN(C)CCC(CN(C)CCCNC)OCC(=O)NCCSSCCN=COCCCOO. The van der Waals surface area contributed by atoms with E-state index < -0.39 is 0 Å². The normalized spacial score (nSPS) is 12.4. The van der Waals surface area contributed by atoms with E-state index in [1.54, 1.807) is 43.2 Å². The van der Waals surface area contributed by atoms with Crippen LogP contribution in [0.15, 0.2) is 4.99 Å². The van der Waals surface area contributed by atoms with Gasteiger partial charge in [-0.05, 0) is 146 Å². The third-order valence-electron chi connectivity index (χ3n) is 9.53. The van der Waals surface area contributed by atoms with Crippen LogP contribution >= 0.6 is 43.2 Å². The summed E-state index contributed by atoms with van der Waals surface area (Å²) >= 11 is 0. The van der Waals surface area contributed by atoms with E-state index in [0.717, 1.165) is 121 Å². The third-order valence-corrected chi connectivity index (χ3v) is 14.4. The summed E-state index contributed by atoms with van der Waals surface area (Å²) in [5, 5.41) is 20.7. The van der Waals surface area contributed by atoms with Gasteiger partial charge in [-0.2, -0.15) is 0 Å². The fourth-order valence-electron chi connectivity index (χ4n) is 5.90. The fourth-order valence-corrected chi connectivity index (χ4v) is 9.74. The number of nitrogens with zero attached hydrogens (tertiary/aromatic N) is 5. The fraction of sp³-hybridized carbons (Fsp3) is 0.929. The van der Waals surface area contributed by atoms with Crippen molar-refractivity contribution in [2.24, 2.45) is 4.99 Å². The number of carbonyl (C=O) groups excluding carboxylic acids is 2. The summed E-state index contributed by atoms with van der Waals surface area (Å²) < 4.78 is 11.4. The molecule has 0 aromatic carbocycles. The van der Waals surface area contributed by atoms with E-state index in [2.05, 4.69) is 84.4 Å². The molecule has 0 aromatic heterocycles. The summed E-state index contributed by atoms with van der Waals surface area (Å²) in [6.07, 6.45) is 11.0. The summed E-state index contributed by atoms with van der Waals surface area (Å²) in [6, 6.07) is 0. The van der Waals surface area contributed by atoms with Gasteiger partial charge in [-0.3, -0.25) is 19.8 Å². The van der Waals surface area contributed by atoms with Crippen LogP contribution in [-0.2, 0) is 28.8 Å². The zero-order valence-corrected chi connectivity index (χ0v) is 43.3. The first-order valence-corrected chi connectivity index (χ1v) is 28.1. The van der Waals surface area contributed by atoms with Gasteiger partial charge in [0.1, 0.15) is 6.61 Å². The standard InChI is InChI=1S/C42H90N10O7S4/c1-43-17-9-25-49(3)23-7-8-24-50(4)27-12-20-48-58-31-14-33-60-61-34-16-41(53)46-19-11-26-51(5)29-15-40(37-52(6)28-10-18-44-2)57-38-42(54)47-22-36-63-62-35-21-45-39-56-30-13-32-59-55/h39-40,43-44,48,55H,7-38H2,1-6H3,(H,46,53)(H,47,54). The van der Waals surface area contributed by atoms with Crippen molar-refractivity contribution >= 4 is 61.4 Å². The Bertz CT molecular complexity index is 1040. The summed E-state index contributed by atoms with van der Waals surface area (Å²) in [4.78, 5) is 48.1. The molecule has 0 fully saturated rings. The molecule has 6 N–H and O–H groups in total. The first-order chi connectivity index (χ1) is 30.7. The monoisotopic (exact) mass is 975 g/mol. The number of ether oxygens (including phenoxy) is 2. The minimum Gasteiger partial charge on any atom is -0.483 e. The van der Waals surface area contributed by atoms with E-state index in [0.29, 0.717) is 45.7 Å². The Balaban J connectivity index is 3.97. The van der Waals surface area contributed by atoms with E-state index in [4.69, 9.17) is 19.6 Å². The molecule has 0 bridgehead atoms. The summed E-state index contributed by atoms with van der Waals surface area (Å²) in [6.45, 7) is 14.2. The predicted molar refractivity (Wildman–Crippen MR) is 271 cm³/mol. The summed E-state index contributed by atoms with van der Waals surface area (Å²) in [5.74, 6) is 3.45. The van der Waals surface area contributed by atoms with Gasteiger partial charge in [-0.1, -0.05) is 43.2 Å². The maximum atomic E-state index is 12.6. The van der Waals surface area contributed by atoms with Gasteiger partial charge in [0.2, 0.25) is 11.8 Å². The molecule has 0 heterocycles. The molecule has 0 spiro atoms. The molecule has 0 rings (SSSR count). The van der Waals surface area contributed by atoms with Crippen LogP contribution in [0, 0.1) is 0 Å². The second-order valence-corrected chi connectivity index (χ2v) is 21.0. The predicted octanol–water partition coefficient (Wildman–Crippen LogP) is 3.49. The maximum absolute atomic E-state index is 12.6. The zero-order valence-electron chi connectivity index (χ0n) is 40.0. The minimum absolute atomic E-state index is 0.0419. The van der Waals surface area contributed by atoms with Crippen molar-refractivity contribution in [3.8, 4) is 0 Å². The summed E-state index contributed by atoms with van der Waals surface area (Å²) in [7, 11) is 19.6. The van der Waals surface area contributed by atoms with Crippen molar-refractivity contribution in [1.82, 2.24) is 46.3 Å². The molecule has 0 radical (unpaired) electrons. The number of hydrogen-bond donors (Lipinski definition) is 6. The van der Waals surface area contributed by atoms with Gasteiger partial charge in [0, 0.05) is 68.6 Å². The number of likely N-dealkylation sites (N-methyl/N-ethyl adjacent to an activating group) is 1. The van der Waals surface area contributed by atoms with Crippen molar-refractivity contribution < 1.29 is 34.0 Å². The Morgan fingerprint density at radius 2 is 1.21 bits per heavy atom. The van der Waals surface area contributed by atoms with Crippen LogP contribution in [0.25, 0.3) is 0 Å². The number of aliphatic imine (C=N–C) groups is 1. The number of nitrogens with one attached hydrogen (secondary N) is 5. The Morgan fingerprint density at radius 3 is 1.90 bits per heavy atom. The van der Waals surface area contributed by atoms with Crippen LogP contribution in [0.2, 0.25) is 0 Å². The van der Waals surface area contributed by atoms with Crippen molar-refractivity contribution in [3.63, 3.8) is 0 Å². The van der Waals surface area contributed by atoms with Crippen molar-refractivity contribution in [1.29, 1.82) is 0 Å². The quantitative estimate of drug-likeness (QED) is 0.0130. The van der Waals surface area contributed by atoms with Crippen molar-refractivity contribution in [2.45, 2.75) is 70.3 Å². The minimum atomic E-state index is -0.0997. The van der Waals surface area contributed by atoms with Gasteiger partial charge in [0.05, 0.1) is 32.5 Å². The molecule has 2 amide bonds. The van der Waals surface area contributed by atoms with Crippen molar-refractivity contribution in [2.75, 3.05) is 183 Å². The lowest BCUT2D eigenvalue weighted by Crippen LogP contribution is -2.38. The molecule has 21 heteroatoms. The largest absolute Gasteiger partial charge is 0.483 e. The number of amides is 2. The lowest BCUT2D eigenvalue weighted by molar-refractivity contribution is -0.243. The van der Waals surface area contributed by atoms with Crippen LogP contribution in [0.1, 0.15) is 64.2 Å². The molecule has 0 saturated heterocycles. The molecule has 0 aliphatic carbocycles. The first-order valence-electron chi connectivity index (χ1n) is 23.1. The topological polar surface area (TPSA) is 177 Å². The van der Waals surface area contributed by atoms with Crippen LogP contribution in [0.5, 0.6) is 0 Å². The highest BCUT2D eigenvalue weighted by Crippen LogP contribution is 2.22. The molecule has 0 aliphatic rings. The lowest BCUT2D eigenvalue weighted by Gasteiger charge is -2.26.